The molecular formula is C13H19NO2S. The van der Waals surface area contributed by atoms with Crippen LogP contribution in [0.2, 0.25) is 0 Å². The molecule has 0 radical (unpaired) electrons. The van der Waals surface area contributed by atoms with Crippen LogP contribution >= 0.6 is 12.6 Å². The second-order valence-electron chi connectivity index (χ2n) is 4.99. The van der Waals surface area contributed by atoms with Crippen LogP contribution in [0.3, 0.4) is 0 Å². The number of thiol groups is 1. The fourth-order valence-electron chi connectivity index (χ4n) is 2.24. The molecule has 0 amide bonds. The SMILES string of the molecule is Cc1cc2c(cc1C(C)(C)CNCS)OCO2. The lowest BCUT2D eigenvalue weighted by molar-refractivity contribution is 0.174. The average molecular weight is 253 g/mol. The summed E-state index contributed by atoms with van der Waals surface area (Å²) in [5.41, 5.74) is 2.57. The molecule has 0 saturated carbocycles. The summed E-state index contributed by atoms with van der Waals surface area (Å²) < 4.78 is 10.8. The number of benzene rings is 1. The molecular weight excluding hydrogens is 234 g/mol. The van der Waals surface area contributed by atoms with E-state index in [1.165, 1.54) is 11.1 Å². The standard InChI is InChI=1S/C13H19NO2S/c1-9-4-11-12(16-8-15-11)5-10(9)13(2,3)6-14-7-17/h4-5,14,17H,6-8H2,1-3H3. The van der Waals surface area contributed by atoms with Crippen LogP contribution in [-0.2, 0) is 5.41 Å². The van der Waals surface area contributed by atoms with E-state index in [0.29, 0.717) is 12.7 Å². The first-order valence-electron chi connectivity index (χ1n) is 5.77. The Morgan fingerprint density at radius 3 is 2.59 bits per heavy atom. The molecule has 0 unspecified atom stereocenters. The topological polar surface area (TPSA) is 30.5 Å². The van der Waals surface area contributed by atoms with Gasteiger partial charge in [-0.2, -0.15) is 12.6 Å². The lowest BCUT2D eigenvalue weighted by Crippen LogP contribution is -2.33. The zero-order chi connectivity index (χ0) is 12.5. The molecule has 0 spiro atoms. The normalized spacial score (nSPS) is 14.1. The number of fused-ring (bicyclic) bond motifs is 1. The van der Waals surface area contributed by atoms with Crippen LogP contribution in [0.25, 0.3) is 0 Å². The van der Waals surface area contributed by atoms with Crippen molar-refractivity contribution in [3.8, 4) is 11.5 Å². The summed E-state index contributed by atoms with van der Waals surface area (Å²) in [5, 5.41) is 3.27. The molecule has 1 aromatic rings. The van der Waals surface area contributed by atoms with Crippen LogP contribution in [0.1, 0.15) is 25.0 Å². The van der Waals surface area contributed by atoms with Gasteiger partial charge in [-0.3, -0.25) is 0 Å². The van der Waals surface area contributed by atoms with Gasteiger partial charge in [-0.25, -0.2) is 0 Å². The van der Waals surface area contributed by atoms with Crippen molar-refractivity contribution in [3.05, 3.63) is 23.3 Å². The molecule has 0 saturated heterocycles. The molecule has 0 fully saturated rings. The molecule has 0 aromatic heterocycles. The van der Waals surface area contributed by atoms with Crippen molar-refractivity contribution in [1.29, 1.82) is 0 Å². The Hall–Kier alpha value is -0.870. The summed E-state index contributed by atoms with van der Waals surface area (Å²) in [5.74, 6) is 2.39. The van der Waals surface area contributed by atoms with E-state index in [0.717, 1.165) is 18.0 Å². The van der Waals surface area contributed by atoms with E-state index in [1.54, 1.807) is 0 Å². The van der Waals surface area contributed by atoms with Gasteiger partial charge >= 0.3 is 0 Å². The van der Waals surface area contributed by atoms with Gasteiger partial charge in [0.15, 0.2) is 11.5 Å². The third-order valence-electron chi connectivity index (χ3n) is 3.13. The van der Waals surface area contributed by atoms with Gasteiger partial charge in [-0.05, 0) is 30.2 Å². The van der Waals surface area contributed by atoms with E-state index < -0.39 is 0 Å². The average Bonchev–Trinajstić information content (AvgIpc) is 2.72. The van der Waals surface area contributed by atoms with E-state index in [2.05, 4.69) is 50.8 Å². The van der Waals surface area contributed by atoms with Crippen LogP contribution < -0.4 is 14.8 Å². The maximum atomic E-state index is 5.44. The third-order valence-corrected chi connectivity index (χ3v) is 3.35. The first kappa shape index (κ1) is 12.6. The highest BCUT2D eigenvalue weighted by atomic mass is 32.1. The Morgan fingerprint density at radius 1 is 1.29 bits per heavy atom. The van der Waals surface area contributed by atoms with E-state index in [1.807, 2.05) is 0 Å². The van der Waals surface area contributed by atoms with Crippen molar-refractivity contribution in [2.45, 2.75) is 26.2 Å². The van der Waals surface area contributed by atoms with Gasteiger partial charge in [0.25, 0.3) is 0 Å². The highest BCUT2D eigenvalue weighted by Gasteiger charge is 2.25. The minimum Gasteiger partial charge on any atom is -0.454 e. The number of nitrogens with one attached hydrogen (secondary N) is 1. The Bertz CT molecular complexity index is 418. The molecule has 3 nitrogen and oxygen atoms in total. The number of rotatable bonds is 4. The predicted octanol–water partition coefficient (Wildman–Crippen LogP) is 2.48. The summed E-state index contributed by atoms with van der Waals surface area (Å²) >= 11 is 4.18. The van der Waals surface area contributed by atoms with Crippen molar-refractivity contribution >= 4 is 12.6 Å². The summed E-state index contributed by atoms with van der Waals surface area (Å²) in [6, 6.07) is 4.15. The first-order valence-corrected chi connectivity index (χ1v) is 6.40. The minimum absolute atomic E-state index is 0.0494. The lowest BCUT2D eigenvalue weighted by Gasteiger charge is -2.27. The van der Waals surface area contributed by atoms with E-state index in [4.69, 9.17) is 9.47 Å². The van der Waals surface area contributed by atoms with Crippen molar-refractivity contribution in [3.63, 3.8) is 0 Å². The molecule has 1 heterocycles. The zero-order valence-corrected chi connectivity index (χ0v) is 11.4. The summed E-state index contributed by atoms with van der Waals surface area (Å²) in [7, 11) is 0. The lowest BCUT2D eigenvalue weighted by atomic mass is 9.82. The summed E-state index contributed by atoms with van der Waals surface area (Å²) in [6.45, 7) is 7.76. The minimum atomic E-state index is 0.0494. The highest BCUT2D eigenvalue weighted by Crippen LogP contribution is 2.38. The van der Waals surface area contributed by atoms with Gasteiger partial charge in [-0.15, -0.1) is 0 Å². The van der Waals surface area contributed by atoms with Gasteiger partial charge in [0.1, 0.15) is 0 Å². The Labute approximate surface area is 108 Å². The van der Waals surface area contributed by atoms with Crippen molar-refractivity contribution < 1.29 is 9.47 Å². The first-order chi connectivity index (χ1) is 8.04. The molecule has 1 N–H and O–H groups in total. The predicted molar refractivity (Wildman–Crippen MR) is 72.2 cm³/mol. The van der Waals surface area contributed by atoms with Crippen LogP contribution in [0.4, 0.5) is 0 Å². The van der Waals surface area contributed by atoms with Crippen molar-refractivity contribution in [2.24, 2.45) is 0 Å². The molecule has 1 aliphatic heterocycles. The van der Waals surface area contributed by atoms with Gasteiger partial charge in [0.05, 0.1) is 0 Å². The van der Waals surface area contributed by atoms with Crippen LogP contribution in [0, 0.1) is 6.92 Å². The van der Waals surface area contributed by atoms with Crippen LogP contribution in [0.5, 0.6) is 11.5 Å². The number of ether oxygens (including phenoxy) is 2. The van der Waals surface area contributed by atoms with Crippen molar-refractivity contribution in [1.82, 2.24) is 5.32 Å². The van der Waals surface area contributed by atoms with E-state index >= 15 is 0 Å². The molecule has 4 heteroatoms. The molecule has 0 aliphatic carbocycles. The maximum Gasteiger partial charge on any atom is 0.231 e. The quantitative estimate of drug-likeness (QED) is 0.638. The van der Waals surface area contributed by atoms with Crippen LogP contribution in [0.15, 0.2) is 12.1 Å². The molecule has 2 rings (SSSR count). The van der Waals surface area contributed by atoms with Crippen LogP contribution in [-0.4, -0.2) is 19.2 Å². The second kappa shape index (κ2) is 4.78. The van der Waals surface area contributed by atoms with Gasteiger partial charge in [0.2, 0.25) is 6.79 Å². The molecule has 94 valence electrons. The fraction of sp³-hybridized carbons (Fsp3) is 0.538. The Balaban J connectivity index is 2.31. The van der Waals surface area contributed by atoms with Gasteiger partial charge in [-0.1, -0.05) is 13.8 Å². The Kier molecular flexibility index (Phi) is 3.54. The van der Waals surface area contributed by atoms with Crippen molar-refractivity contribution in [2.75, 3.05) is 19.2 Å². The zero-order valence-electron chi connectivity index (χ0n) is 10.5. The second-order valence-corrected chi connectivity index (χ2v) is 5.31. The number of hydrogen-bond donors (Lipinski definition) is 2. The smallest absolute Gasteiger partial charge is 0.231 e. The summed E-state index contributed by atoms with van der Waals surface area (Å²) in [4.78, 5) is 0. The molecule has 17 heavy (non-hydrogen) atoms. The molecule has 1 aromatic carbocycles. The van der Waals surface area contributed by atoms with E-state index in [9.17, 15) is 0 Å². The highest BCUT2D eigenvalue weighted by molar-refractivity contribution is 7.80. The monoisotopic (exact) mass is 253 g/mol. The third kappa shape index (κ3) is 2.53. The largest absolute Gasteiger partial charge is 0.454 e. The van der Waals surface area contributed by atoms with Gasteiger partial charge in [0, 0.05) is 17.8 Å². The fourth-order valence-corrected chi connectivity index (χ4v) is 2.35. The van der Waals surface area contributed by atoms with E-state index in [-0.39, 0.29) is 5.41 Å². The molecule has 0 atom stereocenters. The number of hydrogen-bond acceptors (Lipinski definition) is 4. The van der Waals surface area contributed by atoms with Gasteiger partial charge < -0.3 is 14.8 Å². The maximum absolute atomic E-state index is 5.44. The Morgan fingerprint density at radius 2 is 1.94 bits per heavy atom. The summed E-state index contributed by atoms with van der Waals surface area (Å²) in [6.07, 6.45) is 0. The molecule has 1 aliphatic rings. The number of aryl methyl sites for hydroxylation is 1. The molecule has 0 bridgehead atoms.